The SMILES string of the molecule is CC(C)(CC(=O)O)NC(=O)C1(CN)CCCC1. The lowest BCUT2D eigenvalue weighted by molar-refractivity contribution is -0.139. The summed E-state index contributed by atoms with van der Waals surface area (Å²) in [7, 11) is 0. The molecule has 1 saturated carbocycles. The molecule has 0 aromatic rings. The van der Waals surface area contributed by atoms with E-state index in [4.69, 9.17) is 10.8 Å². The molecule has 0 heterocycles. The highest BCUT2D eigenvalue weighted by atomic mass is 16.4. The first-order valence-corrected chi connectivity index (χ1v) is 6.06. The third kappa shape index (κ3) is 3.43. The molecule has 1 fully saturated rings. The van der Waals surface area contributed by atoms with Crippen LogP contribution < -0.4 is 11.1 Å². The highest BCUT2D eigenvalue weighted by Crippen LogP contribution is 2.37. The van der Waals surface area contributed by atoms with Crippen molar-refractivity contribution in [1.29, 1.82) is 0 Å². The van der Waals surface area contributed by atoms with E-state index in [1.54, 1.807) is 13.8 Å². The maximum absolute atomic E-state index is 12.2. The fraction of sp³-hybridized carbons (Fsp3) is 0.833. The monoisotopic (exact) mass is 242 g/mol. The Balaban J connectivity index is 2.67. The average molecular weight is 242 g/mol. The van der Waals surface area contributed by atoms with Crippen LogP contribution in [0.3, 0.4) is 0 Å². The van der Waals surface area contributed by atoms with Crippen LogP contribution in [0.4, 0.5) is 0 Å². The molecule has 0 aliphatic heterocycles. The normalized spacial score (nSPS) is 19.0. The number of rotatable bonds is 5. The van der Waals surface area contributed by atoms with E-state index in [0.717, 1.165) is 25.7 Å². The number of aliphatic carboxylic acids is 1. The number of amides is 1. The number of nitrogens with two attached hydrogens (primary N) is 1. The second-order valence-electron chi connectivity index (χ2n) is 5.60. The van der Waals surface area contributed by atoms with E-state index in [0.29, 0.717) is 6.54 Å². The molecule has 0 aromatic heterocycles. The van der Waals surface area contributed by atoms with Gasteiger partial charge in [-0.25, -0.2) is 0 Å². The molecule has 98 valence electrons. The molecule has 0 atom stereocenters. The van der Waals surface area contributed by atoms with Gasteiger partial charge in [0.25, 0.3) is 0 Å². The Morgan fingerprint density at radius 1 is 1.35 bits per heavy atom. The number of carbonyl (C=O) groups is 2. The van der Waals surface area contributed by atoms with Crippen LogP contribution in [0.25, 0.3) is 0 Å². The first kappa shape index (κ1) is 14.0. The van der Waals surface area contributed by atoms with Crippen LogP contribution in [0.15, 0.2) is 0 Å². The van der Waals surface area contributed by atoms with Crippen LogP contribution in [-0.2, 0) is 9.59 Å². The predicted molar refractivity (Wildman–Crippen MR) is 64.4 cm³/mol. The molecular formula is C12H22N2O3. The van der Waals surface area contributed by atoms with Crippen molar-refractivity contribution < 1.29 is 14.7 Å². The van der Waals surface area contributed by atoms with E-state index in [2.05, 4.69) is 5.32 Å². The summed E-state index contributed by atoms with van der Waals surface area (Å²) in [5, 5.41) is 11.6. The van der Waals surface area contributed by atoms with Gasteiger partial charge >= 0.3 is 5.97 Å². The van der Waals surface area contributed by atoms with Gasteiger partial charge in [-0.3, -0.25) is 9.59 Å². The van der Waals surface area contributed by atoms with Crippen molar-refractivity contribution in [2.45, 2.75) is 51.5 Å². The Kier molecular flexibility index (Phi) is 4.14. The molecule has 0 saturated heterocycles. The summed E-state index contributed by atoms with van der Waals surface area (Å²) in [5.41, 5.74) is 4.51. The van der Waals surface area contributed by atoms with Gasteiger partial charge in [0, 0.05) is 12.1 Å². The summed E-state index contributed by atoms with van der Waals surface area (Å²) in [6.07, 6.45) is 3.56. The molecule has 0 bridgehead atoms. The zero-order chi connectivity index (χ0) is 13.1. The molecule has 0 aromatic carbocycles. The van der Waals surface area contributed by atoms with Crippen LogP contribution in [0.1, 0.15) is 46.0 Å². The highest BCUT2D eigenvalue weighted by molar-refractivity contribution is 5.84. The number of carbonyl (C=O) groups excluding carboxylic acids is 1. The molecule has 17 heavy (non-hydrogen) atoms. The maximum Gasteiger partial charge on any atom is 0.305 e. The van der Waals surface area contributed by atoms with E-state index >= 15 is 0 Å². The lowest BCUT2D eigenvalue weighted by atomic mass is 9.84. The Morgan fingerprint density at radius 3 is 2.29 bits per heavy atom. The number of hydrogen-bond acceptors (Lipinski definition) is 3. The van der Waals surface area contributed by atoms with Crippen molar-refractivity contribution in [3.8, 4) is 0 Å². The quantitative estimate of drug-likeness (QED) is 0.667. The summed E-state index contributed by atoms with van der Waals surface area (Å²) in [6, 6.07) is 0. The van der Waals surface area contributed by atoms with Crippen molar-refractivity contribution in [2.75, 3.05) is 6.54 Å². The van der Waals surface area contributed by atoms with Crippen molar-refractivity contribution >= 4 is 11.9 Å². The van der Waals surface area contributed by atoms with E-state index in [9.17, 15) is 9.59 Å². The number of carboxylic acid groups (broad SMARTS) is 1. The topological polar surface area (TPSA) is 92.4 Å². The van der Waals surface area contributed by atoms with E-state index < -0.39 is 16.9 Å². The molecule has 1 aliphatic carbocycles. The van der Waals surface area contributed by atoms with E-state index in [1.165, 1.54) is 0 Å². The van der Waals surface area contributed by atoms with Gasteiger partial charge in [0.2, 0.25) is 5.91 Å². The molecule has 1 amide bonds. The summed E-state index contributed by atoms with van der Waals surface area (Å²) in [5.74, 6) is -1.01. The molecule has 0 spiro atoms. The maximum atomic E-state index is 12.2. The molecule has 5 heteroatoms. The number of hydrogen-bond donors (Lipinski definition) is 3. The molecular weight excluding hydrogens is 220 g/mol. The highest BCUT2D eigenvalue weighted by Gasteiger charge is 2.41. The van der Waals surface area contributed by atoms with Crippen molar-refractivity contribution in [3.63, 3.8) is 0 Å². The van der Waals surface area contributed by atoms with Gasteiger partial charge in [-0.15, -0.1) is 0 Å². The summed E-state index contributed by atoms with van der Waals surface area (Å²) in [6.45, 7) is 3.78. The lowest BCUT2D eigenvalue weighted by Crippen LogP contribution is -2.52. The smallest absolute Gasteiger partial charge is 0.305 e. The summed E-state index contributed by atoms with van der Waals surface area (Å²) >= 11 is 0. The van der Waals surface area contributed by atoms with Gasteiger partial charge in [0.05, 0.1) is 11.8 Å². The molecule has 5 nitrogen and oxygen atoms in total. The third-order valence-electron chi connectivity index (χ3n) is 3.48. The average Bonchev–Trinajstić information content (AvgIpc) is 2.63. The van der Waals surface area contributed by atoms with Crippen LogP contribution in [-0.4, -0.2) is 29.1 Å². The van der Waals surface area contributed by atoms with E-state index in [-0.39, 0.29) is 12.3 Å². The Bertz CT molecular complexity index is 307. The number of nitrogens with one attached hydrogen (secondary N) is 1. The Morgan fingerprint density at radius 2 is 1.88 bits per heavy atom. The van der Waals surface area contributed by atoms with Crippen LogP contribution in [0, 0.1) is 5.41 Å². The van der Waals surface area contributed by atoms with Crippen molar-refractivity contribution in [1.82, 2.24) is 5.32 Å². The van der Waals surface area contributed by atoms with Crippen LogP contribution >= 0.6 is 0 Å². The van der Waals surface area contributed by atoms with Gasteiger partial charge in [-0.1, -0.05) is 12.8 Å². The van der Waals surface area contributed by atoms with Gasteiger partial charge in [-0.2, -0.15) is 0 Å². The standard InChI is InChI=1S/C12H22N2O3/c1-11(2,7-9(15)16)14-10(17)12(8-13)5-3-4-6-12/h3-8,13H2,1-2H3,(H,14,17)(H,15,16). The van der Waals surface area contributed by atoms with Gasteiger partial charge in [-0.05, 0) is 26.7 Å². The first-order valence-electron chi connectivity index (χ1n) is 6.06. The summed E-state index contributed by atoms with van der Waals surface area (Å²) in [4.78, 5) is 22.9. The summed E-state index contributed by atoms with van der Waals surface area (Å²) < 4.78 is 0. The molecule has 0 radical (unpaired) electrons. The predicted octanol–water partition coefficient (Wildman–Crippen LogP) is 0.875. The van der Waals surface area contributed by atoms with Crippen molar-refractivity contribution in [3.05, 3.63) is 0 Å². The van der Waals surface area contributed by atoms with Crippen LogP contribution in [0.2, 0.25) is 0 Å². The second kappa shape index (κ2) is 5.04. The second-order valence-corrected chi connectivity index (χ2v) is 5.60. The van der Waals surface area contributed by atoms with Crippen LogP contribution in [0.5, 0.6) is 0 Å². The molecule has 1 rings (SSSR count). The number of carboxylic acids is 1. The zero-order valence-electron chi connectivity index (χ0n) is 10.6. The largest absolute Gasteiger partial charge is 0.481 e. The minimum absolute atomic E-state index is 0.0839. The molecule has 0 unspecified atom stereocenters. The Hall–Kier alpha value is -1.10. The van der Waals surface area contributed by atoms with Gasteiger partial charge < -0.3 is 16.2 Å². The molecule has 1 aliphatic rings. The zero-order valence-corrected chi connectivity index (χ0v) is 10.6. The Labute approximate surface area is 102 Å². The fourth-order valence-corrected chi connectivity index (χ4v) is 2.44. The molecule has 4 N–H and O–H groups in total. The third-order valence-corrected chi connectivity index (χ3v) is 3.48. The fourth-order valence-electron chi connectivity index (χ4n) is 2.44. The van der Waals surface area contributed by atoms with E-state index in [1.807, 2.05) is 0 Å². The first-order chi connectivity index (χ1) is 7.81. The lowest BCUT2D eigenvalue weighted by Gasteiger charge is -2.32. The van der Waals surface area contributed by atoms with Gasteiger partial charge in [0.1, 0.15) is 0 Å². The minimum Gasteiger partial charge on any atom is -0.481 e. The van der Waals surface area contributed by atoms with Gasteiger partial charge in [0.15, 0.2) is 0 Å². The minimum atomic E-state index is -0.913. The van der Waals surface area contributed by atoms with Crippen molar-refractivity contribution in [2.24, 2.45) is 11.1 Å².